The summed E-state index contributed by atoms with van der Waals surface area (Å²) >= 11 is 0. The predicted molar refractivity (Wildman–Crippen MR) is 42.5 cm³/mol. The van der Waals surface area contributed by atoms with Crippen LogP contribution < -0.4 is 0 Å². The highest BCUT2D eigenvalue weighted by molar-refractivity contribution is 4.75. The lowest BCUT2D eigenvalue weighted by atomic mass is 10.3. The summed E-state index contributed by atoms with van der Waals surface area (Å²) in [7, 11) is 0. The van der Waals surface area contributed by atoms with Gasteiger partial charge in [-0.25, -0.2) is 0 Å². The highest BCUT2D eigenvalue weighted by atomic mass is 19.4. The molecule has 0 radical (unpaired) electrons. The number of hydrogen-bond acceptors (Lipinski definition) is 2. The van der Waals surface area contributed by atoms with Gasteiger partial charge in [0.25, 0.3) is 0 Å². The molecule has 1 heterocycles. The van der Waals surface area contributed by atoms with E-state index < -0.39 is 12.7 Å². The molecule has 1 unspecified atom stereocenters. The molecule has 0 N–H and O–H groups in total. The quantitative estimate of drug-likeness (QED) is 0.623. The van der Waals surface area contributed by atoms with Crippen LogP contribution >= 0.6 is 0 Å². The van der Waals surface area contributed by atoms with Crippen LogP contribution in [0, 0.1) is 0 Å². The molecule has 1 atom stereocenters. The Morgan fingerprint density at radius 3 is 2.46 bits per heavy atom. The SMILES string of the molecule is CCCN(CC1CO1)CC(F)(F)F. The van der Waals surface area contributed by atoms with E-state index in [2.05, 4.69) is 0 Å². The molecule has 1 saturated heterocycles. The zero-order valence-electron chi connectivity index (χ0n) is 7.60. The van der Waals surface area contributed by atoms with Gasteiger partial charge in [-0.2, -0.15) is 13.2 Å². The van der Waals surface area contributed by atoms with Crippen LogP contribution in [0.2, 0.25) is 0 Å². The lowest BCUT2D eigenvalue weighted by Crippen LogP contribution is -2.37. The minimum absolute atomic E-state index is 0.0360. The summed E-state index contributed by atoms with van der Waals surface area (Å²) < 4.78 is 40.9. The number of epoxide rings is 1. The fourth-order valence-corrected chi connectivity index (χ4v) is 1.27. The van der Waals surface area contributed by atoms with Gasteiger partial charge in [-0.1, -0.05) is 6.92 Å². The third-order valence-corrected chi connectivity index (χ3v) is 1.81. The van der Waals surface area contributed by atoms with E-state index in [9.17, 15) is 13.2 Å². The van der Waals surface area contributed by atoms with Crippen LogP contribution in [0.3, 0.4) is 0 Å². The Hall–Kier alpha value is -0.290. The van der Waals surface area contributed by atoms with Crippen molar-refractivity contribution in [1.82, 2.24) is 4.90 Å². The van der Waals surface area contributed by atoms with E-state index in [0.29, 0.717) is 19.7 Å². The van der Waals surface area contributed by atoms with Gasteiger partial charge in [-0.05, 0) is 13.0 Å². The Morgan fingerprint density at radius 2 is 2.08 bits per heavy atom. The van der Waals surface area contributed by atoms with Crippen molar-refractivity contribution < 1.29 is 17.9 Å². The van der Waals surface area contributed by atoms with Crippen molar-refractivity contribution in [3.05, 3.63) is 0 Å². The van der Waals surface area contributed by atoms with Crippen molar-refractivity contribution in [3.8, 4) is 0 Å². The monoisotopic (exact) mass is 197 g/mol. The molecule has 0 aromatic heterocycles. The molecule has 1 aliphatic heterocycles. The molecule has 13 heavy (non-hydrogen) atoms. The number of rotatable bonds is 5. The van der Waals surface area contributed by atoms with E-state index in [1.54, 1.807) is 0 Å². The molecule has 1 aliphatic rings. The predicted octanol–water partition coefficient (Wildman–Crippen LogP) is 1.66. The Morgan fingerprint density at radius 1 is 1.46 bits per heavy atom. The van der Waals surface area contributed by atoms with Crippen molar-refractivity contribution in [2.75, 3.05) is 26.2 Å². The fraction of sp³-hybridized carbons (Fsp3) is 1.00. The number of hydrogen-bond donors (Lipinski definition) is 0. The molecule has 2 nitrogen and oxygen atoms in total. The number of ether oxygens (including phenoxy) is 1. The first-order valence-electron chi connectivity index (χ1n) is 4.42. The van der Waals surface area contributed by atoms with Crippen molar-refractivity contribution >= 4 is 0 Å². The molecular weight excluding hydrogens is 183 g/mol. The van der Waals surface area contributed by atoms with Crippen molar-refractivity contribution in [1.29, 1.82) is 0 Å². The van der Waals surface area contributed by atoms with E-state index in [0.717, 1.165) is 6.42 Å². The molecule has 0 aromatic rings. The van der Waals surface area contributed by atoms with E-state index in [4.69, 9.17) is 4.74 Å². The van der Waals surface area contributed by atoms with Crippen LogP contribution in [0.15, 0.2) is 0 Å². The maximum absolute atomic E-state index is 12.0. The molecule has 0 aliphatic carbocycles. The highest BCUT2D eigenvalue weighted by Crippen LogP contribution is 2.19. The Balaban J connectivity index is 2.27. The average molecular weight is 197 g/mol. The summed E-state index contributed by atoms with van der Waals surface area (Å²) in [4.78, 5) is 1.40. The smallest absolute Gasteiger partial charge is 0.372 e. The Kier molecular flexibility index (Phi) is 3.55. The van der Waals surface area contributed by atoms with Crippen molar-refractivity contribution in [2.45, 2.75) is 25.6 Å². The van der Waals surface area contributed by atoms with E-state index in [1.165, 1.54) is 4.90 Å². The van der Waals surface area contributed by atoms with Gasteiger partial charge in [0.05, 0.1) is 19.3 Å². The molecule has 1 fully saturated rings. The first kappa shape index (κ1) is 10.8. The molecule has 0 amide bonds. The van der Waals surface area contributed by atoms with Crippen LogP contribution in [0.4, 0.5) is 13.2 Å². The number of nitrogens with zero attached hydrogens (tertiary/aromatic N) is 1. The van der Waals surface area contributed by atoms with Gasteiger partial charge in [0.1, 0.15) is 0 Å². The maximum Gasteiger partial charge on any atom is 0.401 e. The van der Waals surface area contributed by atoms with Crippen LogP contribution in [0.5, 0.6) is 0 Å². The lowest BCUT2D eigenvalue weighted by molar-refractivity contribution is -0.146. The maximum atomic E-state index is 12.0. The normalized spacial score (nSPS) is 22.4. The third kappa shape index (κ3) is 5.10. The average Bonchev–Trinajstić information content (AvgIpc) is 2.68. The second-order valence-electron chi connectivity index (χ2n) is 3.31. The second-order valence-corrected chi connectivity index (χ2v) is 3.31. The summed E-state index contributed by atoms with van der Waals surface area (Å²) in [5.41, 5.74) is 0. The van der Waals surface area contributed by atoms with Crippen LogP contribution in [0.1, 0.15) is 13.3 Å². The summed E-state index contributed by atoms with van der Waals surface area (Å²) in [6, 6.07) is 0. The summed E-state index contributed by atoms with van der Waals surface area (Å²) in [6.45, 7) is 2.56. The van der Waals surface area contributed by atoms with Gasteiger partial charge in [-0.15, -0.1) is 0 Å². The molecule has 0 bridgehead atoms. The van der Waals surface area contributed by atoms with E-state index in [-0.39, 0.29) is 6.10 Å². The van der Waals surface area contributed by atoms with E-state index in [1.807, 2.05) is 6.92 Å². The third-order valence-electron chi connectivity index (χ3n) is 1.81. The van der Waals surface area contributed by atoms with Gasteiger partial charge in [0.2, 0.25) is 0 Å². The van der Waals surface area contributed by atoms with Crippen molar-refractivity contribution in [3.63, 3.8) is 0 Å². The van der Waals surface area contributed by atoms with Crippen LogP contribution in [0.25, 0.3) is 0 Å². The summed E-state index contributed by atoms with van der Waals surface area (Å²) in [5, 5.41) is 0. The molecule has 0 spiro atoms. The fourth-order valence-electron chi connectivity index (χ4n) is 1.27. The largest absolute Gasteiger partial charge is 0.401 e. The van der Waals surface area contributed by atoms with Crippen LogP contribution in [-0.4, -0.2) is 43.4 Å². The zero-order chi connectivity index (χ0) is 9.90. The lowest BCUT2D eigenvalue weighted by Gasteiger charge is -2.21. The summed E-state index contributed by atoms with van der Waals surface area (Å²) in [5.74, 6) is 0. The first-order valence-corrected chi connectivity index (χ1v) is 4.42. The van der Waals surface area contributed by atoms with Gasteiger partial charge >= 0.3 is 6.18 Å². The minimum Gasteiger partial charge on any atom is -0.372 e. The Bertz CT molecular complexity index is 156. The Labute approximate surface area is 75.7 Å². The molecule has 0 saturated carbocycles. The molecule has 1 rings (SSSR count). The van der Waals surface area contributed by atoms with Gasteiger partial charge in [-0.3, -0.25) is 4.90 Å². The van der Waals surface area contributed by atoms with Crippen LogP contribution in [-0.2, 0) is 4.74 Å². The molecule has 0 aromatic carbocycles. The second kappa shape index (κ2) is 4.28. The minimum atomic E-state index is -4.09. The van der Waals surface area contributed by atoms with E-state index >= 15 is 0 Å². The number of halogens is 3. The highest BCUT2D eigenvalue weighted by Gasteiger charge is 2.33. The molecule has 78 valence electrons. The van der Waals surface area contributed by atoms with Gasteiger partial charge in [0, 0.05) is 6.54 Å². The van der Waals surface area contributed by atoms with Gasteiger partial charge < -0.3 is 4.74 Å². The van der Waals surface area contributed by atoms with Gasteiger partial charge in [0.15, 0.2) is 0 Å². The molecular formula is C8H14F3NO. The summed E-state index contributed by atoms with van der Waals surface area (Å²) in [6.07, 6.45) is -3.32. The standard InChI is InChI=1S/C8H14F3NO/c1-2-3-12(4-7-5-13-7)6-8(9,10)11/h7H,2-6H2,1H3. The number of alkyl halides is 3. The molecule has 5 heteroatoms. The first-order chi connectivity index (χ1) is 6.01. The van der Waals surface area contributed by atoms with Crippen molar-refractivity contribution in [2.24, 2.45) is 0 Å². The zero-order valence-corrected chi connectivity index (χ0v) is 7.60. The topological polar surface area (TPSA) is 15.8 Å².